The van der Waals surface area contributed by atoms with E-state index < -0.39 is 0 Å². The van der Waals surface area contributed by atoms with Gasteiger partial charge in [0.1, 0.15) is 4.70 Å². The number of hydrogen-bond acceptors (Lipinski definition) is 6. The predicted octanol–water partition coefficient (Wildman–Crippen LogP) is 3.24. The molecule has 4 aromatic rings. The van der Waals surface area contributed by atoms with E-state index in [2.05, 4.69) is 16.1 Å². The number of morpholine rings is 1. The van der Waals surface area contributed by atoms with Crippen molar-refractivity contribution < 1.29 is 9.15 Å². The zero-order valence-corrected chi connectivity index (χ0v) is 15.1. The molecule has 0 unspecified atom stereocenters. The van der Waals surface area contributed by atoms with Gasteiger partial charge >= 0.3 is 0 Å². The van der Waals surface area contributed by atoms with Crippen molar-refractivity contribution in [3.05, 3.63) is 46.1 Å². The van der Waals surface area contributed by atoms with Gasteiger partial charge in [0.25, 0.3) is 0 Å². The van der Waals surface area contributed by atoms with E-state index in [0.717, 1.165) is 35.1 Å². The molecule has 7 heteroatoms. The first-order valence-corrected chi connectivity index (χ1v) is 9.39. The van der Waals surface area contributed by atoms with Crippen molar-refractivity contribution in [2.75, 3.05) is 31.2 Å². The number of aromatic nitrogens is 2. The molecule has 6 nitrogen and oxygen atoms in total. The molecule has 1 aliphatic heterocycles. The first kappa shape index (κ1) is 15.6. The van der Waals surface area contributed by atoms with E-state index in [0.29, 0.717) is 29.4 Å². The summed E-state index contributed by atoms with van der Waals surface area (Å²) in [6.45, 7) is 2.76. The molecule has 5 rings (SSSR count). The Morgan fingerprint density at radius 2 is 2.04 bits per heavy atom. The number of fused-ring (bicyclic) bond motifs is 2. The maximum absolute atomic E-state index is 12.6. The minimum Gasteiger partial charge on any atom is -0.439 e. The Labute approximate surface area is 153 Å². The minimum absolute atomic E-state index is 0.00519. The van der Waals surface area contributed by atoms with E-state index in [4.69, 9.17) is 9.15 Å². The van der Waals surface area contributed by atoms with Crippen molar-refractivity contribution in [1.29, 1.82) is 0 Å². The van der Waals surface area contributed by atoms with Crippen LogP contribution in [0.15, 0.2) is 45.1 Å². The van der Waals surface area contributed by atoms with Gasteiger partial charge in [0.2, 0.25) is 5.43 Å². The highest BCUT2D eigenvalue weighted by atomic mass is 32.1. The molecule has 0 amide bonds. The highest BCUT2D eigenvalue weighted by molar-refractivity contribution is 7.17. The molecule has 0 spiro atoms. The van der Waals surface area contributed by atoms with Crippen LogP contribution in [0.2, 0.25) is 0 Å². The number of nitrogens with zero attached hydrogens (tertiary/aromatic N) is 3. The van der Waals surface area contributed by atoms with E-state index in [1.165, 1.54) is 11.3 Å². The Morgan fingerprint density at radius 1 is 1.19 bits per heavy atom. The van der Waals surface area contributed by atoms with Gasteiger partial charge in [-0.25, -0.2) is 0 Å². The van der Waals surface area contributed by atoms with Crippen molar-refractivity contribution in [3.8, 4) is 11.1 Å². The average Bonchev–Trinajstić information content (AvgIpc) is 3.26. The molecule has 0 radical (unpaired) electrons. The number of thiophene rings is 1. The summed E-state index contributed by atoms with van der Waals surface area (Å²) in [6.07, 6.45) is 1.85. The first-order valence-electron chi connectivity index (χ1n) is 8.51. The van der Waals surface area contributed by atoms with Gasteiger partial charge in [0.15, 0.2) is 11.5 Å². The van der Waals surface area contributed by atoms with Gasteiger partial charge in [-0.05, 0) is 11.6 Å². The van der Waals surface area contributed by atoms with E-state index in [9.17, 15) is 4.79 Å². The van der Waals surface area contributed by atoms with Crippen LogP contribution in [0.5, 0.6) is 0 Å². The number of hydrogen-bond donors (Lipinski definition) is 0. The Morgan fingerprint density at radius 3 is 2.88 bits per heavy atom. The number of anilines is 1. The van der Waals surface area contributed by atoms with Gasteiger partial charge in [-0.2, -0.15) is 5.10 Å². The topological polar surface area (TPSA) is 60.5 Å². The van der Waals surface area contributed by atoms with Crippen molar-refractivity contribution in [3.63, 3.8) is 0 Å². The van der Waals surface area contributed by atoms with E-state index >= 15 is 0 Å². The Hall–Kier alpha value is -2.64. The van der Waals surface area contributed by atoms with Crippen LogP contribution in [0.25, 0.3) is 32.3 Å². The lowest BCUT2D eigenvalue weighted by atomic mass is 10.1. The van der Waals surface area contributed by atoms with Gasteiger partial charge in [0, 0.05) is 42.5 Å². The molecule has 0 N–H and O–H groups in total. The maximum atomic E-state index is 12.6. The van der Waals surface area contributed by atoms with Crippen molar-refractivity contribution in [2.24, 2.45) is 7.05 Å². The van der Waals surface area contributed by atoms with Gasteiger partial charge in [-0.1, -0.05) is 12.1 Å². The van der Waals surface area contributed by atoms with Crippen LogP contribution in [0.3, 0.4) is 0 Å². The van der Waals surface area contributed by atoms with Crippen LogP contribution >= 0.6 is 11.3 Å². The Bertz CT molecular complexity index is 1170. The third-order valence-corrected chi connectivity index (χ3v) is 5.79. The molecule has 1 saturated heterocycles. The summed E-state index contributed by atoms with van der Waals surface area (Å²) in [4.78, 5) is 14.7. The fourth-order valence-corrected chi connectivity index (χ4v) is 4.29. The van der Waals surface area contributed by atoms with E-state index in [1.807, 2.05) is 35.4 Å². The molecule has 4 heterocycles. The molecule has 0 saturated carbocycles. The van der Waals surface area contributed by atoms with Crippen LogP contribution in [-0.4, -0.2) is 36.1 Å². The summed E-state index contributed by atoms with van der Waals surface area (Å²) in [5.41, 5.74) is 3.68. The highest BCUT2D eigenvalue weighted by Gasteiger charge is 2.19. The standard InChI is InChI=1S/C19H17N3O3S/c1-21-15-8-12(2-3-13(15)10-20-21)14-11-26-19-16(23)9-17(25-18(14)19)22-4-6-24-7-5-22/h2-3,8-11H,4-7H2,1H3. The Kier molecular flexibility index (Phi) is 3.58. The summed E-state index contributed by atoms with van der Waals surface area (Å²) in [7, 11) is 1.93. The minimum atomic E-state index is 0.00519. The third kappa shape index (κ3) is 2.43. The van der Waals surface area contributed by atoms with E-state index in [1.54, 1.807) is 6.07 Å². The largest absolute Gasteiger partial charge is 0.439 e. The molecule has 0 atom stereocenters. The normalized spacial score (nSPS) is 15.2. The number of aryl methyl sites for hydroxylation is 1. The summed E-state index contributed by atoms with van der Waals surface area (Å²) < 4.78 is 14.1. The summed E-state index contributed by atoms with van der Waals surface area (Å²) in [5.74, 6) is 0.618. The fourth-order valence-electron chi connectivity index (χ4n) is 3.38. The highest BCUT2D eigenvalue weighted by Crippen LogP contribution is 2.35. The van der Waals surface area contributed by atoms with Crippen LogP contribution in [0, 0.1) is 0 Å². The second kappa shape index (κ2) is 5.96. The molecule has 26 heavy (non-hydrogen) atoms. The molecular formula is C19H17N3O3S. The molecule has 0 bridgehead atoms. The number of rotatable bonds is 2. The first-order chi connectivity index (χ1) is 12.7. The summed E-state index contributed by atoms with van der Waals surface area (Å²) in [5, 5.41) is 7.38. The van der Waals surface area contributed by atoms with Crippen molar-refractivity contribution >= 4 is 38.4 Å². The van der Waals surface area contributed by atoms with Gasteiger partial charge in [-0.15, -0.1) is 11.3 Å². The van der Waals surface area contributed by atoms with Crippen molar-refractivity contribution in [1.82, 2.24) is 9.78 Å². The van der Waals surface area contributed by atoms with Crippen LogP contribution in [-0.2, 0) is 11.8 Å². The smallest absolute Gasteiger partial charge is 0.204 e. The van der Waals surface area contributed by atoms with Gasteiger partial charge in [-0.3, -0.25) is 9.48 Å². The quantitative estimate of drug-likeness (QED) is 0.544. The lowest BCUT2D eigenvalue weighted by Gasteiger charge is -2.27. The molecule has 132 valence electrons. The zero-order valence-electron chi connectivity index (χ0n) is 14.3. The molecular weight excluding hydrogens is 350 g/mol. The zero-order chi connectivity index (χ0) is 17.7. The van der Waals surface area contributed by atoms with Crippen LogP contribution in [0.4, 0.5) is 5.88 Å². The number of ether oxygens (including phenoxy) is 1. The number of benzene rings is 1. The maximum Gasteiger partial charge on any atom is 0.204 e. The molecule has 3 aromatic heterocycles. The Balaban J connectivity index is 1.68. The average molecular weight is 367 g/mol. The third-order valence-electron chi connectivity index (χ3n) is 4.81. The molecule has 1 fully saturated rings. The van der Waals surface area contributed by atoms with Gasteiger partial charge in [0.05, 0.1) is 24.9 Å². The fraction of sp³-hybridized carbons (Fsp3) is 0.263. The second-order valence-electron chi connectivity index (χ2n) is 6.40. The molecule has 0 aliphatic carbocycles. The van der Waals surface area contributed by atoms with Gasteiger partial charge < -0.3 is 14.1 Å². The summed E-state index contributed by atoms with van der Waals surface area (Å²) >= 11 is 1.43. The lowest BCUT2D eigenvalue weighted by Crippen LogP contribution is -2.36. The van der Waals surface area contributed by atoms with Crippen LogP contribution in [0.1, 0.15) is 0 Å². The molecule has 1 aliphatic rings. The van der Waals surface area contributed by atoms with Crippen molar-refractivity contribution in [2.45, 2.75) is 0 Å². The lowest BCUT2D eigenvalue weighted by molar-refractivity contribution is 0.121. The van der Waals surface area contributed by atoms with E-state index in [-0.39, 0.29) is 5.43 Å². The van der Waals surface area contributed by atoms with Crippen LogP contribution < -0.4 is 10.3 Å². The SMILES string of the molecule is Cn1ncc2ccc(-c3csc4c(=O)cc(N5CCOCC5)oc34)cc21. The molecule has 1 aromatic carbocycles. The second-order valence-corrected chi connectivity index (χ2v) is 7.28. The summed E-state index contributed by atoms with van der Waals surface area (Å²) in [6, 6.07) is 7.78. The predicted molar refractivity (Wildman–Crippen MR) is 103 cm³/mol. The monoisotopic (exact) mass is 367 g/mol.